The summed E-state index contributed by atoms with van der Waals surface area (Å²) in [4.78, 5) is 25.4. The highest BCUT2D eigenvalue weighted by atomic mass is 35.5. The van der Waals surface area contributed by atoms with E-state index < -0.39 is 15.7 Å². The quantitative estimate of drug-likeness (QED) is 0.399. The minimum atomic E-state index is -3.34. The fourth-order valence-electron chi connectivity index (χ4n) is 3.17. The molecule has 0 bridgehead atoms. The number of carbonyl (C=O) groups excluding carboxylic acids is 2. The smallest absolute Gasteiger partial charge is 0.224 e. The summed E-state index contributed by atoms with van der Waals surface area (Å²) in [6.07, 6.45) is 0.165. The predicted octanol–water partition coefficient (Wildman–Crippen LogP) is 5.56. The number of ketones is 1. The van der Waals surface area contributed by atoms with Crippen molar-refractivity contribution in [3.05, 3.63) is 99.5 Å². The first-order chi connectivity index (χ1) is 15.2. The molecule has 0 radical (unpaired) electrons. The number of sulfone groups is 1. The van der Waals surface area contributed by atoms with Crippen LogP contribution in [-0.2, 0) is 20.4 Å². The Balaban J connectivity index is 1.64. The fraction of sp³-hybridized carbons (Fsp3) is 0.167. The molecule has 32 heavy (non-hydrogen) atoms. The van der Waals surface area contributed by atoms with Crippen molar-refractivity contribution in [3.63, 3.8) is 0 Å². The zero-order valence-corrected chi connectivity index (χ0v) is 19.4. The van der Waals surface area contributed by atoms with Crippen molar-refractivity contribution in [2.24, 2.45) is 0 Å². The van der Waals surface area contributed by atoms with Crippen LogP contribution in [-0.4, -0.2) is 25.9 Å². The molecule has 0 saturated heterocycles. The molecule has 1 amide bonds. The Kier molecular flexibility index (Phi) is 8.07. The number of nitrogens with one attached hydrogen (secondary N) is 1. The van der Waals surface area contributed by atoms with Gasteiger partial charge in [0.05, 0.1) is 22.2 Å². The summed E-state index contributed by atoms with van der Waals surface area (Å²) in [5.41, 5.74) is 1.49. The standard InChI is InChI=1S/C24H21Cl2NO4S/c25-18-12-13-22(20(15-18)24(29)19-9-4-5-10-21(19)26)27-23(28)11-6-14-32(30,31)16-17-7-2-1-3-8-17/h1-5,7-10,12-13,15H,6,11,14,16H2,(H,27,28). The third-order valence-corrected chi connectivity index (χ3v) is 6.96. The number of rotatable bonds is 9. The number of hydrogen-bond donors (Lipinski definition) is 1. The molecule has 0 aromatic heterocycles. The Labute approximate surface area is 197 Å². The van der Waals surface area contributed by atoms with Gasteiger partial charge in [-0.3, -0.25) is 9.59 Å². The summed E-state index contributed by atoms with van der Waals surface area (Å²) in [5.74, 6) is -0.945. The van der Waals surface area contributed by atoms with Gasteiger partial charge in [0, 0.05) is 22.6 Å². The molecule has 0 aliphatic rings. The van der Waals surface area contributed by atoms with E-state index in [9.17, 15) is 18.0 Å². The topological polar surface area (TPSA) is 80.3 Å². The van der Waals surface area contributed by atoms with E-state index in [-0.39, 0.29) is 41.4 Å². The summed E-state index contributed by atoms with van der Waals surface area (Å²) in [5, 5.41) is 3.32. The lowest BCUT2D eigenvalue weighted by atomic mass is 10.0. The van der Waals surface area contributed by atoms with Gasteiger partial charge in [0.2, 0.25) is 5.91 Å². The van der Waals surface area contributed by atoms with Gasteiger partial charge in [-0.25, -0.2) is 8.42 Å². The molecule has 0 heterocycles. The van der Waals surface area contributed by atoms with Gasteiger partial charge in [0.1, 0.15) is 0 Å². The molecular formula is C24H21Cl2NO4S. The van der Waals surface area contributed by atoms with Crippen LogP contribution in [0.4, 0.5) is 5.69 Å². The van der Waals surface area contributed by atoms with E-state index in [4.69, 9.17) is 23.2 Å². The minimum Gasteiger partial charge on any atom is -0.325 e. The molecule has 0 fully saturated rings. The molecule has 3 rings (SSSR count). The summed E-state index contributed by atoms with van der Waals surface area (Å²) >= 11 is 12.2. The third kappa shape index (κ3) is 6.66. The lowest BCUT2D eigenvalue weighted by Crippen LogP contribution is -2.17. The first kappa shape index (κ1) is 24.0. The van der Waals surface area contributed by atoms with Gasteiger partial charge in [-0.15, -0.1) is 0 Å². The normalized spacial score (nSPS) is 11.2. The number of carbonyl (C=O) groups is 2. The van der Waals surface area contributed by atoms with Crippen LogP contribution in [0.1, 0.15) is 34.3 Å². The molecule has 0 aliphatic heterocycles. The van der Waals surface area contributed by atoms with Crippen LogP contribution in [0, 0.1) is 0 Å². The first-order valence-corrected chi connectivity index (χ1v) is 12.5. The second kappa shape index (κ2) is 10.8. The molecule has 0 saturated carbocycles. The van der Waals surface area contributed by atoms with Crippen molar-refractivity contribution < 1.29 is 18.0 Å². The maximum atomic E-state index is 13.0. The molecule has 3 aromatic rings. The molecule has 166 valence electrons. The van der Waals surface area contributed by atoms with Crippen LogP contribution < -0.4 is 5.32 Å². The zero-order valence-electron chi connectivity index (χ0n) is 17.1. The maximum Gasteiger partial charge on any atom is 0.224 e. The Morgan fingerprint density at radius 3 is 2.25 bits per heavy atom. The Morgan fingerprint density at radius 2 is 1.53 bits per heavy atom. The van der Waals surface area contributed by atoms with E-state index in [1.165, 1.54) is 12.1 Å². The zero-order chi connectivity index (χ0) is 23.1. The number of amides is 1. The van der Waals surface area contributed by atoms with Gasteiger partial charge in [0.25, 0.3) is 0 Å². The van der Waals surface area contributed by atoms with Gasteiger partial charge in [-0.05, 0) is 42.3 Å². The number of anilines is 1. The van der Waals surface area contributed by atoms with Crippen LogP contribution in [0.25, 0.3) is 0 Å². The summed E-state index contributed by atoms with van der Waals surface area (Å²) in [6.45, 7) is 0. The van der Waals surface area contributed by atoms with Crippen molar-refractivity contribution in [2.75, 3.05) is 11.1 Å². The lowest BCUT2D eigenvalue weighted by molar-refractivity contribution is -0.116. The van der Waals surface area contributed by atoms with Crippen LogP contribution in [0.2, 0.25) is 10.0 Å². The average Bonchev–Trinajstić information content (AvgIpc) is 2.75. The fourth-order valence-corrected chi connectivity index (χ4v) is 4.99. The molecule has 3 aromatic carbocycles. The average molecular weight is 490 g/mol. The van der Waals surface area contributed by atoms with Gasteiger partial charge >= 0.3 is 0 Å². The van der Waals surface area contributed by atoms with Crippen molar-refractivity contribution in [1.29, 1.82) is 0 Å². The number of benzene rings is 3. The predicted molar refractivity (Wildman–Crippen MR) is 128 cm³/mol. The maximum absolute atomic E-state index is 13.0. The van der Waals surface area contributed by atoms with Crippen molar-refractivity contribution in [2.45, 2.75) is 18.6 Å². The highest BCUT2D eigenvalue weighted by Gasteiger charge is 2.19. The third-order valence-electron chi connectivity index (χ3n) is 4.71. The molecule has 8 heteroatoms. The molecular weight excluding hydrogens is 469 g/mol. The summed E-state index contributed by atoms with van der Waals surface area (Å²) in [7, 11) is -3.34. The molecule has 1 N–H and O–H groups in total. The summed E-state index contributed by atoms with van der Waals surface area (Å²) < 4.78 is 24.6. The highest BCUT2D eigenvalue weighted by molar-refractivity contribution is 7.90. The van der Waals surface area contributed by atoms with E-state index in [0.29, 0.717) is 21.2 Å². The Bertz CT molecular complexity index is 1230. The molecule has 5 nitrogen and oxygen atoms in total. The van der Waals surface area contributed by atoms with E-state index in [0.717, 1.165) is 0 Å². The van der Waals surface area contributed by atoms with Gasteiger partial charge in [-0.2, -0.15) is 0 Å². The number of hydrogen-bond acceptors (Lipinski definition) is 4. The van der Waals surface area contributed by atoms with E-state index in [1.807, 2.05) is 6.07 Å². The minimum absolute atomic E-state index is 0.00360. The Morgan fingerprint density at radius 1 is 0.844 bits per heavy atom. The second-order valence-electron chi connectivity index (χ2n) is 7.23. The molecule has 0 aliphatic carbocycles. The van der Waals surface area contributed by atoms with Crippen LogP contribution in [0.3, 0.4) is 0 Å². The van der Waals surface area contributed by atoms with E-state index >= 15 is 0 Å². The van der Waals surface area contributed by atoms with Crippen molar-refractivity contribution in [3.8, 4) is 0 Å². The first-order valence-electron chi connectivity index (χ1n) is 9.88. The molecule has 0 atom stereocenters. The van der Waals surface area contributed by atoms with Crippen LogP contribution >= 0.6 is 23.2 Å². The van der Waals surface area contributed by atoms with Gasteiger partial charge < -0.3 is 5.32 Å². The van der Waals surface area contributed by atoms with Crippen molar-refractivity contribution in [1.82, 2.24) is 0 Å². The summed E-state index contributed by atoms with van der Waals surface area (Å²) in [6, 6.07) is 20.1. The van der Waals surface area contributed by atoms with E-state index in [2.05, 4.69) is 5.32 Å². The molecule has 0 spiro atoms. The Hall–Kier alpha value is -2.67. The second-order valence-corrected chi connectivity index (χ2v) is 10.3. The van der Waals surface area contributed by atoms with Crippen LogP contribution in [0.15, 0.2) is 72.8 Å². The van der Waals surface area contributed by atoms with Crippen molar-refractivity contribution >= 4 is 50.4 Å². The SMILES string of the molecule is O=C(CCCS(=O)(=O)Cc1ccccc1)Nc1ccc(Cl)cc1C(=O)c1ccccc1Cl. The van der Waals surface area contributed by atoms with E-state index in [1.54, 1.807) is 54.6 Å². The van der Waals surface area contributed by atoms with Crippen LogP contribution in [0.5, 0.6) is 0 Å². The van der Waals surface area contributed by atoms with Gasteiger partial charge in [-0.1, -0.05) is 65.7 Å². The van der Waals surface area contributed by atoms with Gasteiger partial charge in [0.15, 0.2) is 15.6 Å². The molecule has 0 unspecified atom stereocenters. The number of halogens is 2. The highest BCUT2D eigenvalue weighted by Crippen LogP contribution is 2.26. The lowest BCUT2D eigenvalue weighted by Gasteiger charge is -2.12. The largest absolute Gasteiger partial charge is 0.325 e. The monoisotopic (exact) mass is 489 g/mol.